The van der Waals surface area contributed by atoms with Gasteiger partial charge in [0.15, 0.2) is 11.5 Å². The van der Waals surface area contributed by atoms with E-state index in [1.807, 2.05) is 19.3 Å². The lowest BCUT2D eigenvalue weighted by atomic mass is 10.1. The zero-order valence-electron chi connectivity index (χ0n) is 12.1. The lowest BCUT2D eigenvalue weighted by molar-refractivity contribution is 0.172. The van der Waals surface area contributed by atoms with Gasteiger partial charge in [0.1, 0.15) is 19.0 Å². The van der Waals surface area contributed by atoms with Crippen molar-refractivity contribution >= 4 is 16.6 Å². The van der Waals surface area contributed by atoms with Gasteiger partial charge in [0.2, 0.25) is 0 Å². The molecule has 1 aromatic carbocycles. The number of nitrogens with one attached hydrogen (secondary N) is 1. The van der Waals surface area contributed by atoms with Crippen LogP contribution < -0.4 is 19.7 Å². The fourth-order valence-corrected chi connectivity index (χ4v) is 3.13. The predicted octanol–water partition coefficient (Wildman–Crippen LogP) is 1.80. The summed E-state index contributed by atoms with van der Waals surface area (Å²) >= 11 is 0. The second-order valence-corrected chi connectivity index (χ2v) is 5.57. The monoisotopic (exact) mass is 285 g/mol. The van der Waals surface area contributed by atoms with Gasteiger partial charge in [-0.1, -0.05) is 0 Å². The lowest BCUT2D eigenvalue weighted by Gasteiger charge is -2.22. The highest BCUT2D eigenvalue weighted by atomic mass is 16.6. The summed E-state index contributed by atoms with van der Waals surface area (Å²) in [7, 11) is 2.02. The van der Waals surface area contributed by atoms with Crippen molar-refractivity contribution in [2.45, 2.75) is 12.5 Å². The Morgan fingerprint density at radius 2 is 2.05 bits per heavy atom. The summed E-state index contributed by atoms with van der Waals surface area (Å²) < 4.78 is 11.4. The van der Waals surface area contributed by atoms with Crippen LogP contribution in [-0.4, -0.2) is 44.4 Å². The third-order valence-electron chi connectivity index (χ3n) is 4.30. The van der Waals surface area contributed by atoms with Crippen LogP contribution in [-0.2, 0) is 0 Å². The number of anilines is 1. The van der Waals surface area contributed by atoms with Crippen LogP contribution in [0.5, 0.6) is 11.5 Å². The molecule has 5 heteroatoms. The molecule has 0 saturated carbocycles. The topological polar surface area (TPSA) is 46.6 Å². The van der Waals surface area contributed by atoms with Gasteiger partial charge in [-0.05, 0) is 37.1 Å². The predicted molar refractivity (Wildman–Crippen MR) is 82.4 cm³/mol. The molecule has 2 aliphatic rings. The van der Waals surface area contributed by atoms with E-state index in [1.54, 1.807) is 0 Å². The minimum Gasteiger partial charge on any atom is -0.486 e. The van der Waals surface area contributed by atoms with Gasteiger partial charge in [0, 0.05) is 30.7 Å². The summed E-state index contributed by atoms with van der Waals surface area (Å²) in [5.41, 5.74) is 0. The van der Waals surface area contributed by atoms with Crippen molar-refractivity contribution < 1.29 is 9.47 Å². The molecular formula is C16H19N3O2. The highest BCUT2D eigenvalue weighted by Crippen LogP contribution is 2.37. The second kappa shape index (κ2) is 5.07. The molecule has 1 N–H and O–H groups in total. The number of benzene rings is 1. The summed E-state index contributed by atoms with van der Waals surface area (Å²) in [6.45, 7) is 3.26. The third-order valence-corrected chi connectivity index (χ3v) is 4.30. The van der Waals surface area contributed by atoms with Gasteiger partial charge in [-0.3, -0.25) is 0 Å². The Morgan fingerprint density at radius 3 is 2.81 bits per heavy atom. The van der Waals surface area contributed by atoms with Crippen molar-refractivity contribution in [1.82, 2.24) is 10.3 Å². The molecule has 0 bridgehead atoms. The van der Waals surface area contributed by atoms with Crippen molar-refractivity contribution in [2.75, 3.05) is 38.3 Å². The van der Waals surface area contributed by atoms with E-state index in [-0.39, 0.29) is 0 Å². The van der Waals surface area contributed by atoms with Crippen molar-refractivity contribution in [3.05, 3.63) is 24.4 Å². The average Bonchev–Trinajstić information content (AvgIpc) is 3.01. The van der Waals surface area contributed by atoms with Crippen LogP contribution >= 0.6 is 0 Å². The Hall–Kier alpha value is -2.01. The van der Waals surface area contributed by atoms with Crippen molar-refractivity contribution in [2.24, 2.45) is 0 Å². The normalized spacial score (nSPS) is 21.0. The maximum Gasteiger partial charge on any atom is 0.162 e. The molecular weight excluding hydrogens is 266 g/mol. The number of likely N-dealkylation sites (N-methyl/N-ethyl adjacent to an activating group) is 1. The smallest absolute Gasteiger partial charge is 0.162 e. The maximum atomic E-state index is 5.71. The summed E-state index contributed by atoms with van der Waals surface area (Å²) in [4.78, 5) is 6.96. The summed E-state index contributed by atoms with van der Waals surface area (Å²) in [5.74, 6) is 2.70. The first-order chi connectivity index (χ1) is 10.3. The Balaban J connectivity index is 1.78. The first kappa shape index (κ1) is 12.7. The van der Waals surface area contributed by atoms with E-state index in [2.05, 4.69) is 27.3 Å². The first-order valence-corrected chi connectivity index (χ1v) is 7.46. The zero-order chi connectivity index (χ0) is 14.2. The van der Waals surface area contributed by atoms with E-state index >= 15 is 0 Å². The van der Waals surface area contributed by atoms with Crippen LogP contribution in [0.25, 0.3) is 10.8 Å². The van der Waals surface area contributed by atoms with Crippen LogP contribution in [0.15, 0.2) is 24.4 Å². The van der Waals surface area contributed by atoms with E-state index in [1.165, 1.54) is 0 Å². The molecule has 2 aromatic rings. The minimum atomic E-state index is 0.541. The number of hydrogen-bond acceptors (Lipinski definition) is 5. The first-order valence-electron chi connectivity index (χ1n) is 7.46. The quantitative estimate of drug-likeness (QED) is 0.912. The molecule has 5 nitrogen and oxygen atoms in total. The number of hydrogen-bond donors (Lipinski definition) is 1. The van der Waals surface area contributed by atoms with E-state index in [4.69, 9.17) is 9.47 Å². The van der Waals surface area contributed by atoms with Crippen LogP contribution in [0.4, 0.5) is 5.82 Å². The number of rotatable bonds is 2. The largest absolute Gasteiger partial charge is 0.486 e. The van der Waals surface area contributed by atoms with E-state index in [0.717, 1.165) is 47.6 Å². The molecule has 2 aliphatic heterocycles. The van der Waals surface area contributed by atoms with E-state index in [9.17, 15) is 0 Å². The van der Waals surface area contributed by atoms with Crippen LogP contribution in [0.1, 0.15) is 6.42 Å². The number of pyridine rings is 1. The molecule has 21 heavy (non-hydrogen) atoms. The summed E-state index contributed by atoms with van der Waals surface area (Å²) in [6, 6.07) is 6.70. The summed E-state index contributed by atoms with van der Waals surface area (Å²) in [6.07, 6.45) is 3.03. The molecule has 110 valence electrons. The Morgan fingerprint density at radius 1 is 1.24 bits per heavy atom. The molecule has 0 spiro atoms. The van der Waals surface area contributed by atoms with Gasteiger partial charge in [0.05, 0.1) is 0 Å². The standard InChI is InChI=1S/C16H19N3O2/c1-17-12-3-5-19(10-12)16-13-9-15-14(20-6-7-21-15)8-11(13)2-4-18-16/h2,4,8-9,12,17H,3,5-7,10H2,1H3. The average molecular weight is 285 g/mol. The molecule has 0 aliphatic carbocycles. The van der Waals surface area contributed by atoms with E-state index < -0.39 is 0 Å². The molecule has 0 radical (unpaired) electrons. The third kappa shape index (κ3) is 2.17. The van der Waals surface area contributed by atoms with Crippen molar-refractivity contribution in [3.63, 3.8) is 0 Å². The lowest BCUT2D eigenvalue weighted by Crippen LogP contribution is -2.29. The highest BCUT2D eigenvalue weighted by molar-refractivity contribution is 5.94. The molecule has 1 aromatic heterocycles. The molecule has 0 amide bonds. The Bertz CT molecular complexity index is 674. The number of aromatic nitrogens is 1. The SMILES string of the molecule is CNC1CCN(c2nccc3cc4c(cc23)OCCO4)C1. The number of nitrogens with zero attached hydrogens (tertiary/aromatic N) is 2. The van der Waals surface area contributed by atoms with Crippen LogP contribution in [0.2, 0.25) is 0 Å². The van der Waals surface area contributed by atoms with Gasteiger partial charge in [0.25, 0.3) is 0 Å². The van der Waals surface area contributed by atoms with Crippen LogP contribution in [0, 0.1) is 0 Å². The highest BCUT2D eigenvalue weighted by Gasteiger charge is 2.24. The van der Waals surface area contributed by atoms with Gasteiger partial charge in [-0.2, -0.15) is 0 Å². The molecule has 4 rings (SSSR count). The maximum absolute atomic E-state index is 5.71. The van der Waals surface area contributed by atoms with Crippen LogP contribution in [0.3, 0.4) is 0 Å². The molecule has 1 atom stereocenters. The zero-order valence-corrected chi connectivity index (χ0v) is 12.1. The second-order valence-electron chi connectivity index (χ2n) is 5.57. The molecule has 1 fully saturated rings. The summed E-state index contributed by atoms with van der Waals surface area (Å²) in [5, 5.41) is 5.64. The molecule has 3 heterocycles. The fraction of sp³-hybridized carbons (Fsp3) is 0.438. The van der Waals surface area contributed by atoms with Gasteiger partial charge >= 0.3 is 0 Å². The molecule has 1 saturated heterocycles. The fourth-order valence-electron chi connectivity index (χ4n) is 3.13. The Labute approximate surface area is 123 Å². The van der Waals surface area contributed by atoms with E-state index in [0.29, 0.717) is 19.3 Å². The van der Waals surface area contributed by atoms with Gasteiger partial charge in [-0.15, -0.1) is 0 Å². The van der Waals surface area contributed by atoms with Crippen molar-refractivity contribution in [3.8, 4) is 11.5 Å². The van der Waals surface area contributed by atoms with Gasteiger partial charge in [-0.25, -0.2) is 4.98 Å². The minimum absolute atomic E-state index is 0.541. The Kier molecular flexibility index (Phi) is 3.07. The van der Waals surface area contributed by atoms with Crippen molar-refractivity contribution in [1.29, 1.82) is 0 Å². The number of fused-ring (bicyclic) bond motifs is 2. The van der Waals surface area contributed by atoms with Gasteiger partial charge < -0.3 is 19.7 Å². The number of ether oxygens (including phenoxy) is 2. The molecule has 1 unspecified atom stereocenters.